The Morgan fingerprint density at radius 3 is 1.91 bits per heavy atom. The van der Waals surface area contributed by atoms with Crippen molar-refractivity contribution in [3.8, 4) is 5.75 Å². The van der Waals surface area contributed by atoms with Crippen LogP contribution in [-0.2, 0) is 14.6 Å². The fraction of sp³-hybridized carbons (Fsp3) is 0.588. The number of sulfone groups is 1. The molecule has 1 aromatic carbocycles. The lowest BCUT2D eigenvalue weighted by molar-refractivity contribution is -0.134. The first kappa shape index (κ1) is 19.5. The van der Waals surface area contributed by atoms with Crippen molar-refractivity contribution in [3.63, 3.8) is 0 Å². The SMILES string of the molecule is CC(C)CN(CC(C)C)C(=O)COc1ccc(S(C)(=O)=O)cc1. The molecule has 0 aliphatic rings. The number of benzene rings is 1. The van der Waals surface area contributed by atoms with Gasteiger partial charge in [0.25, 0.3) is 5.91 Å². The molecule has 1 aromatic rings. The molecular formula is C17H27NO4S. The molecule has 23 heavy (non-hydrogen) atoms. The smallest absolute Gasteiger partial charge is 0.260 e. The van der Waals surface area contributed by atoms with Gasteiger partial charge in [0.2, 0.25) is 0 Å². The van der Waals surface area contributed by atoms with Gasteiger partial charge >= 0.3 is 0 Å². The Hall–Kier alpha value is -1.56. The molecule has 6 heteroatoms. The van der Waals surface area contributed by atoms with Crippen LogP contribution in [0.15, 0.2) is 29.2 Å². The molecule has 0 aliphatic heterocycles. The van der Waals surface area contributed by atoms with Gasteiger partial charge in [-0.05, 0) is 36.1 Å². The van der Waals surface area contributed by atoms with E-state index in [1.54, 1.807) is 12.1 Å². The maximum Gasteiger partial charge on any atom is 0.260 e. The van der Waals surface area contributed by atoms with E-state index in [2.05, 4.69) is 27.7 Å². The number of ether oxygens (including phenoxy) is 1. The molecule has 0 heterocycles. The van der Waals surface area contributed by atoms with Gasteiger partial charge in [0.05, 0.1) is 4.90 Å². The van der Waals surface area contributed by atoms with Crippen LogP contribution in [-0.4, -0.2) is 45.2 Å². The summed E-state index contributed by atoms with van der Waals surface area (Å²) in [6.45, 7) is 9.66. The van der Waals surface area contributed by atoms with Gasteiger partial charge in [-0.3, -0.25) is 4.79 Å². The second-order valence-electron chi connectivity index (χ2n) is 6.62. The van der Waals surface area contributed by atoms with E-state index < -0.39 is 9.84 Å². The van der Waals surface area contributed by atoms with Crippen LogP contribution in [0, 0.1) is 11.8 Å². The Kier molecular flexibility index (Phi) is 7.06. The van der Waals surface area contributed by atoms with Gasteiger partial charge in [-0.2, -0.15) is 0 Å². The van der Waals surface area contributed by atoms with Gasteiger partial charge in [0.15, 0.2) is 16.4 Å². The Bertz CT molecular complexity index is 596. The summed E-state index contributed by atoms with van der Waals surface area (Å²) in [6, 6.07) is 6.10. The highest BCUT2D eigenvalue weighted by Crippen LogP contribution is 2.16. The minimum absolute atomic E-state index is 0.0440. The molecule has 0 saturated heterocycles. The highest BCUT2D eigenvalue weighted by Gasteiger charge is 2.17. The molecule has 0 spiro atoms. The van der Waals surface area contributed by atoms with Crippen LogP contribution in [0.2, 0.25) is 0 Å². The summed E-state index contributed by atoms with van der Waals surface area (Å²) in [6.07, 6.45) is 1.15. The van der Waals surface area contributed by atoms with Gasteiger partial charge in [0.1, 0.15) is 5.75 Å². The molecule has 0 radical (unpaired) electrons. The molecule has 130 valence electrons. The average Bonchev–Trinajstić information content (AvgIpc) is 2.42. The van der Waals surface area contributed by atoms with Crippen LogP contribution >= 0.6 is 0 Å². The van der Waals surface area contributed by atoms with Crippen molar-refractivity contribution < 1.29 is 17.9 Å². The maximum absolute atomic E-state index is 12.3. The average molecular weight is 341 g/mol. The van der Waals surface area contributed by atoms with Crippen LogP contribution in [0.4, 0.5) is 0 Å². The molecule has 0 saturated carbocycles. The summed E-state index contributed by atoms with van der Waals surface area (Å²) in [5, 5.41) is 0. The van der Waals surface area contributed by atoms with E-state index in [9.17, 15) is 13.2 Å². The third-order valence-corrected chi connectivity index (χ3v) is 4.27. The van der Waals surface area contributed by atoms with Gasteiger partial charge in [-0.25, -0.2) is 8.42 Å². The Morgan fingerprint density at radius 1 is 1.04 bits per heavy atom. The molecule has 0 N–H and O–H groups in total. The lowest BCUT2D eigenvalue weighted by atomic mass is 10.1. The molecule has 0 unspecified atom stereocenters. The van der Waals surface area contributed by atoms with Crippen molar-refractivity contribution in [2.75, 3.05) is 26.0 Å². The Morgan fingerprint density at radius 2 is 1.52 bits per heavy atom. The lowest BCUT2D eigenvalue weighted by Gasteiger charge is -2.26. The summed E-state index contributed by atoms with van der Waals surface area (Å²) >= 11 is 0. The van der Waals surface area contributed by atoms with Crippen molar-refractivity contribution in [3.05, 3.63) is 24.3 Å². The maximum atomic E-state index is 12.3. The highest BCUT2D eigenvalue weighted by molar-refractivity contribution is 7.90. The summed E-state index contributed by atoms with van der Waals surface area (Å²) in [5.41, 5.74) is 0. The van der Waals surface area contributed by atoms with E-state index in [0.29, 0.717) is 30.7 Å². The Balaban J connectivity index is 2.66. The zero-order chi connectivity index (χ0) is 17.6. The number of carbonyl (C=O) groups is 1. The number of hydrogen-bond acceptors (Lipinski definition) is 4. The van der Waals surface area contributed by atoms with Crippen molar-refractivity contribution in [2.24, 2.45) is 11.8 Å². The molecule has 0 aliphatic carbocycles. The number of hydrogen-bond donors (Lipinski definition) is 0. The zero-order valence-corrected chi connectivity index (χ0v) is 15.4. The second-order valence-corrected chi connectivity index (χ2v) is 8.63. The van der Waals surface area contributed by atoms with Gasteiger partial charge < -0.3 is 9.64 Å². The van der Waals surface area contributed by atoms with Gasteiger partial charge in [-0.15, -0.1) is 0 Å². The Labute approximate surface area is 139 Å². The largest absolute Gasteiger partial charge is 0.484 e. The minimum Gasteiger partial charge on any atom is -0.484 e. The third kappa shape index (κ3) is 7.03. The quantitative estimate of drug-likeness (QED) is 0.729. The van der Waals surface area contributed by atoms with E-state index in [1.165, 1.54) is 12.1 Å². The zero-order valence-electron chi connectivity index (χ0n) is 14.6. The number of amides is 1. The molecule has 5 nitrogen and oxygen atoms in total. The van der Waals surface area contributed by atoms with Crippen molar-refractivity contribution in [1.82, 2.24) is 4.90 Å². The molecule has 0 bridgehead atoms. The summed E-state index contributed by atoms with van der Waals surface area (Å²) in [4.78, 5) is 14.4. The molecule has 0 fully saturated rings. The summed E-state index contributed by atoms with van der Waals surface area (Å²) in [5.74, 6) is 1.22. The van der Waals surface area contributed by atoms with Crippen LogP contribution in [0.25, 0.3) is 0 Å². The number of rotatable bonds is 8. The first-order chi connectivity index (χ1) is 10.6. The van der Waals surface area contributed by atoms with Crippen molar-refractivity contribution in [2.45, 2.75) is 32.6 Å². The van der Waals surface area contributed by atoms with Gasteiger partial charge in [0, 0.05) is 19.3 Å². The molecular weight excluding hydrogens is 314 g/mol. The molecule has 1 amide bonds. The third-order valence-electron chi connectivity index (χ3n) is 3.14. The van der Waals surface area contributed by atoms with Gasteiger partial charge in [-0.1, -0.05) is 27.7 Å². The van der Waals surface area contributed by atoms with E-state index in [0.717, 1.165) is 6.26 Å². The van der Waals surface area contributed by atoms with E-state index >= 15 is 0 Å². The van der Waals surface area contributed by atoms with Crippen LogP contribution in [0.1, 0.15) is 27.7 Å². The first-order valence-corrected chi connectivity index (χ1v) is 9.69. The monoisotopic (exact) mass is 341 g/mol. The topological polar surface area (TPSA) is 63.7 Å². The lowest BCUT2D eigenvalue weighted by Crippen LogP contribution is -2.39. The fourth-order valence-electron chi connectivity index (χ4n) is 2.18. The summed E-state index contributed by atoms with van der Waals surface area (Å²) in [7, 11) is -3.22. The second kappa shape index (κ2) is 8.34. The number of nitrogens with zero attached hydrogens (tertiary/aromatic N) is 1. The van der Waals surface area contributed by atoms with E-state index in [1.807, 2.05) is 4.90 Å². The van der Waals surface area contributed by atoms with Crippen LogP contribution in [0.5, 0.6) is 5.75 Å². The van der Waals surface area contributed by atoms with Crippen LogP contribution in [0.3, 0.4) is 0 Å². The van der Waals surface area contributed by atoms with E-state index in [4.69, 9.17) is 4.74 Å². The molecule has 0 aromatic heterocycles. The fourth-order valence-corrected chi connectivity index (χ4v) is 2.81. The number of carbonyl (C=O) groups excluding carboxylic acids is 1. The molecule has 0 atom stereocenters. The predicted molar refractivity (Wildman–Crippen MR) is 91.3 cm³/mol. The normalized spacial score (nSPS) is 11.8. The predicted octanol–water partition coefficient (Wildman–Crippen LogP) is 2.61. The first-order valence-electron chi connectivity index (χ1n) is 7.80. The standard InChI is InChI=1S/C17H27NO4S/c1-13(2)10-18(11-14(3)4)17(19)12-22-15-6-8-16(9-7-15)23(5,20)21/h6-9,13-14H,10-12H2,1-5H3. The minimum atomic E-state index is -3.22. The van der Waals surface area contributed by atoms with Crippen molar-refractivity contribution in [1.29, 1.82) is 0 Å². The van der Waals surface area contributed by atoms with Crippen LogP contribution < -0.4 is 4.74 Å². The van der Waals surface area contributed by atoms with E-state index in [-0.39, 0.29) is 17.4 Å². The summed E-state index contributed by atoms with van der Waals surface area (Å²) < 4.78 is 28.3. The van der Waals surface area contributed by atoms with Crippen molar-refractivity contribution >= 4 is 15.7 Å². The highest BCUT2D eigenvalue weighted by atomic mass is 32.2. The molecule has 1 rings (SSSR count).